The third kappa shape index (κ3) is 5.66. The monoisotopic (exact) mass is 450 g/mol. The van der Waals surface area contributed by atoms with E-state index in [2.05, 4.69) is 15.6 Å². The largest absolute Gasteiger partial charge is 0.385 e. The molecule has 0 atom stereocenters. The van der Waals surface area contributed by atoms with Gasteiger partial charge in [0.05, 0.1) is 0 Å². The zero-order valence-electron chi connectivity index (χ0n) is 18.9. The van der Waals surface area contributed by atoms with E-state index in [1.54, 1.807) is 24.3 Å². The van der Waals surface area contributed by atoms with Crippen molar-refractivity contribution >= 4 is 28.9 Å². The summed E-state index contributed by atoms with van der Waals surface area (Å²) in [6.45, 7) is 2.26. The molecule has 0 spiro atoms. The van der Waals surface area contributed by atoms with Crippen LogP contribution >= 0.6 is 0 Å². The maximum Gasteiger partial charge on any atom is 0.256 e. The van der Waals surface area contributed by atoms with Gasteiger partial charge in [-0.2, -0.15) is 0 Å². The molecule has 0 saturated heterocycles. The number of nitrogens with two attached hydrogens (primary N) is 1. The van der Waals surface area contributed by atoms with Gasteiger partial charge in [-0.1, -0.05) is 48.5 Å². The van der Waals surface area contributed by atoms with Gasteiger partial charge in [-0.05, 0) is 60.5 Å². The molecule has 3 aromatic carbocycles. The van der Waals surface area contributed by atoms with Gasteiger partial charge in [-0.3, -0.25) is 9.59 Å². The zero-order chi connectivity index (χ0) is 23.9. The van der Waals surface area contributed by atoms with Gasteiger partial charge in [-0.25, -0.2) is 4.98 Å². The normalized spacial score (nSPS) is 10.5. The lowest BCUT2D eigenvalue weighted by Crippen LogP contribution is -2.13. The Kier molecular flexibility index (Phi) is 6.98. The summed E-state index contributed by atoms with van der Waals surface area (Å²) >= 11 is 0. The lowest BCUT2D eigenvalue weighted by Gasteiger charge is -2.12. The van der Waals surface area contributed by atoms with Crippen LogP contribution < -0.4 is 16.4 Å². The average Bonchev–Trinajstić information content (AvgIpc) is 2.85. The minimum Gasteiger partial charge on any atom is -0.385 e. The number of anilines is 3. The molecule has 0 aliphatic heterocycles. The Morgan fingerprint density at radius 1 is 0.824 bits per heavy atom. The van der Waals surface area contributed by atoms with E-state index in [0.29, 0.717) is 22.6 Å². The molecule has 4 rings (SSSR count). The molecule has 4 aromatic rings. The summed E-state index contributed by atoms with van der Waals surface area (Å²) in [6.07, 6.45) is 0.758. The number of amides is 1. The SMILES string of the molecule is CC(=O)c1ccc(-c2ccccc2C(=O)Nc2ccc(NCCc3cccc(N)n3)cc2)cc1. The van der Waals surface area contributed by atoms with Crippen molar-refractivity contribution in [1.29, 1.82) is 0 Å². The van der Waals surface area contributed by atoms with E-state index in [-0.39, 0.29) is 11.7 Å². The highest BCUT2D eigenvalue weighted by Crippen LogP contribution is 2.25. The number of nitrogen functional groups attached to an aromatic ring is 1. The number of carbonyl (C=O) groups excluding carboxylic acids is 2. The lowest BCUT2D eigenvalue weighted by molar-refractivity contribution is 0.101. The van der Waals surface area contributed by atoms with Crippen LogP contribution in [0.4, 0.5) is 17.2 Å². The molecule has 0 aliphatic rings. The number of hydrogen-bond acceptors (Lipinski definition) is 5. The second-order valence-corrected chi connectivity index (χ2v) is 7.94. The quantitative estimate of drug-likeness (QED) is 0.311. The summed E-state index contributed by atoms with van der Waals surface area (Å²) in [4.78, 5) is 28.9. The highest BCUT2D eigenvalue weighted by atomic mass is 16.1. The first-order chi connectivity index (χ1) is 16.5. The molecule has 0 aliphatic carbocycles. The fraction of sp³-hybridized carbons (Fsp3) is 0.107. The minimum absolute atomic E-state index is 0.0111. The van der Waals surface area contributed by atoms with Crippen molar-refractivity contribution in [3.63, 3.8) is 0 Å². The molecule has 0 unspecified atom stereocenters. The van der Waals surface area contributed by atoms with Crippen LogP contribution in [0, 0.1) is 0 Å². The van der Waals surface area contributed by atoms with Crippen molar-refractivity contribution in [2.45, 2.75) is 13.3 Å². The molecule has 34 heavy (non-hydrogen) atoms. The Morgan fingerprint density at radius 2 is 1.53 bits per heavy atom. The number of rotatable bonds is 8. The molecule has 0 fully saturated rings. The lowest BCUT2D eigenvalue weighted by atomic mass is 9.97. The van der Waals surface area contributed by atoms with Crippen LogP contribution in [0.2, 0.25) is 0 Å². The third-order valence-corrected chi connectivity index (χ3v) is 5.46. The predicted molar refractivity (Wildman–Crippen MR) is 137 cm³/mol. The minimum atomic E-state index is -0.195. The van der Waals surface area contributed by atoms with Gasteiger partial charge in [0.1, 0.15) is 5.82 Å². The molecule has 0 bridgehead atoms. The molecular weight excluding hydrogens is 424 g/mol. The summed E-state index contributed by atoms with van der Waals surface area (Å²) < 4.78 is 0. The van der Waals surface area contributed by atoms with Crippen molar-refractivity contribution in [2.75, 3.05) is 22.9 Å². The van der Waals surface area contributed by atoms with Crippen molar-refractivity contribution in [3.8, 4) is 11.1 Å². The van der Waals surface area contributed by atoms with Crippen LogP contribution in [-0.4, -0.2) is 23.2 Å². The predicted octanol–water partition coefficient (Wildman–Crippen LogP) is 5.44. The summed E-state index contributed by atoms with van der Waals surface area (Å²) in [5.74, 6) is 0.337. The van der Waals surface area contributed by atoms with Gasteiger partial charge in [0.25, 0.3) is 5.91 Å². The number of aromatic nitrogens is 1. The Morgan fingerprint density at radius 3 is 2.24 bits per heavy atom. The van der Waals surface area contributed by atoms with Crippen molar-refractivity contribution in [2.24, 2.45) is 0 Å². The van der Waals surface area contributed by atoms with E-state index in [4.69, 9.17) is 5.73 Å². The van der Waals surface area contributed by atoms with Crippen LogP contribution in [0.5, 0.6) is 0 Å². The Bertz CT molecular complexity index is 1300. The van der Waals surface area contributed by atoms with E-state index >= 15 is 0 Å². The van der Waals surface area contributed by atoms with Crippen LogP contribution in [0.1, 0.15) is 33.3 Å². The van der Waals surface area contributed by atoms with E-state index in [9.17, 15) is 9.59 Å². The summed E-state index contributed by atoms with van der Waals surface area (Å²) in [5, 5.41) is 6.32. The van der Waals surface area contributed by atoms with Crippen molar-refractivity contribution < 1.29 is 9.59 Å². The maximum atomic E-state index is 13.0. The first-order valence-electron chi connectivity index (χ1n) is 11.1. The Labute approximate surface area is 198 Å². The van der Waals surface area contributed by atoms with Gasteiger partial charge in [-0.15, -0.1) is 0 Å². The van der Waals surface area contributed by atoms with Gasteiger partial charge in [0.15, 0.2) is 5.78 Å². The Balaban J connectivity index is 1.40. The second-order valence-electron chi connectivity index (χ2n) is 7.94. The van der Waals surface area contributed by atoms with Crippen LogP contribution in [0.15, 0.2) is 91.0 Å². The maximum absolute atomic E-state index is 13.0. The molecule has 0 saturated carbocycles. The molecule has 0 radical (unpaired) electrons. The number of ketones is 1. The zero-order valence-corrected chi connectivity index (χ0v) is 18.9. The molecule has 1 heterocycles. The number of nitrogens with zero attached hydrogens (tertiary/aromatic N) is 1. The average molecular weight is 451 g/mol. The standard InChI is InChI=1S/C28H26N4O2/c1-19(33)20-9-11-21(12-10-20)25-6-2-3-7-26(25)28(34)32-24-15-13-22(14-16-24)30-18-17-23-5-4-8-27(29)31-23/h2-16,30H,17-18H2,1H3,(H2,29,31)(H,32,34). The summed E-state index contributed by atoms with van der Waals surface area (Å²) in [6, 6.07) is 27.9. The molecule has 6 heteroatoms. The van der Waals surface area contributed by atoms with E-state index in [1.807, 2.05) is 66.7 Å². The second kappa shape index (κ2) is 10.4. The number of carbonyl (C=O) groups is 2. The van der Waals surface area contributed by atoms with Crippen molar-refractivity contribution in [1.82, 2.24) is 4.98 Å². The summed E-state index contributed by atoms with van der Waals surface area (Å²) in [7, 11) is 0. The third-order valence-electron chi connectivity index (χ3n) is 5.46. The van der Waals surface area contributed by atoms with Gasteiger partial charge in [0.2, 0.25) is 0 Å². The van der Waals surface area contributed by atoms with Gasteiger partial charge >= 0.3 is 0 Å². The fourth-order valence-corrected chi connectivity index (χ4v) is 3.66. The Hall–Kier alpha value is -4.45. The fourth-order valence-electron chi connectivity index (χ4n) is 3.66. The van der Waals surface area contributed by atoms with E-state index in [0.717, 1.165) is 35.5 Å². The molecule has 1 aromatic heterocycles. The molecule has 4 N–H and O–H groups in total. The first-order valence-corrected chi connectivity index (χ1v) is 11.1. The molecule has 1 amide bonds. The van der Waals surface area contributed by atoms with Crippen LogP contribution in [0.3, 0.4) is 0 Å². The van der Waals surface area contributed by atoms with E-state index in [1.165, 1.54) is 6.92 Å². The van der Waals surface area contributed by atoms with E-state index < -0.39 is 0 Å². The smallest absolute Gasteiger partial charge is 0.256 e. The van der Waals surface area contributed by atoms with Gasteiger partial charge < -0.3 is 16.4 Å². The highest BCUT2D eigenvalue weighted by molar-refractivity contribution is 6.08. The van der Waals surface area contributed by atoms with Crippen LogP contribution in [0.25, 0.3) is 11.1 Å². The summed E-state index contributed by atoms with van der Waals surface area (Å²) in [5.41, 5.74) is 11.2. The molecule has 170 valence electrons. The number of pyridine rings is 1. The van der Waals surface area contributed by atoms with Crippen molar-refractivity contribution in [3.05, 3.63) is 108 Å². The topological polar surface area (TPSA) is 97.1 Å². The molecule has 6 nitrogen and oxygen atoms in total. The first kappa shape index (κ1) is 22.7. The van der Waals surface area contributed by atoms with Crippen LogP contribution in [-0.2, 0) is 6.42 Å². The number of hydrogen-bond donors (Lipinski definition) is 3. The molecular formula is C28H26N4O2. The number of Topliss-reactive ketones (excluding diaryl/α,β-unsaturated/α-hetero) is 1. The highest BCUT2D eigenvalue weighted by Gasteiger charge is 2.13. The van der Waals surface area contributed by atoms with Gasteiger partial charge in [0, 0.05) is 41.2 Å². The number of benzene rings is 3. The number of nitrogens with one attached hydrogen (secondary N) is 2.